The second kappa shape index (κ2) is 10.6. The van der Waals surface area contributed by atoms with E-state index >= 15 is 0 Å². The first-order valence-corrected chi connectivity index (χ1v) is 8.34. The molecule has 0 aromatic heterocycles. The molecule has 4 nitrogen and oxygen atoms in total. The van der Waals surface area contributed by atoms with Gasteiger partial charge < -0.3 is 20.3 Å². The monoisotopic (exact) mass is 287 g/mol. The second-order valence-electron chi connectivity index (χ2n) is 6.17. The number of aliphatic hydroxyl groups excluding tert-OH is 2. The van der Waals surface area contributed by atoms with Crippen LogP contribution in [0, 0.1) is 0 Å². The molecule has 1 rings (SSSR count). The van der Waals surface area contributed by atoms with Gasteiger partial charge in [0.15, 0.2) is 0 Å². The summed E-state index contributed by atoms with van der Waals surface area (Å²) >= 11 is 0. The maximum atomic E-state index is 9.83. The third kappa shape index (κ3) is 7.02. The summed E-state index contributed by atoms with van der Waals surface area (Å²) in [5.41, 5.74) is -0.125. The van der Waals surface area contributed by atoms with E-state index in [2.05, 4.69) is 12.2 Å². The molecule has 1 fully saturated rings. The van der Waals surface area contributed by atoms with Crippen LogP contribution in [0.25, 0.3) is 0 Å². The zero-order valence-corrected chi connectivity index (χ0v) is 13.1. The van der Waals surface area contributed by atoms with Crippen molar-refractivity contribution in [2.75, 3.05) is 26.4 Å². The van der Waals surface area contributed by atoms with Crippen LogP contribution in [0.15, 0.2) is 0 Å². The van der Waals surface area contributed by atoms with E-state index in [0.717, 1.165) is 32.3 Å². The quantitative estimate of drug-likeness (QED) is 0.455. The Balaban J connectivity index is 1.88. The first-order chi connectivity index (χ1) is 9.72. The minimum Gasteiger partial charge on any atom is -0.394 e. The van der Waals surface area contributed by atoms with E-state index in [1.165, 1.54) is 32.1 Å². The van der Waals surface area contributed by atoms with Gasteiger partial charge in [0.1, 0.15) is 0 Å². The Hall–Kier alpha value is -0.160. The molecule has 0 heterocycles. The van der Waals surface area contributed by atoms with E-state index in [1.807, 2.05) is 0 Å². The summed E-state index contributed by atoms with van der Waals surface area (Å²) in [6.45, 7) is 4.04. The van der Waals surface area contributed by atoms with Gasteiger partial charge in [0.25, 0.3) is 0 Å². The van der Waals surface area contributed by atoms with Gasteiger partial charge in [0.05, 0.1) is 19.3 Å². The molecule has 3 N–H and O–H groups in total. The van der Waals surface area contributed by atoms with Crippen LogP contribution in [0.1, 0.15) is 64.7 Å². The van der Waals surface area contributed by atoms with E-state index in [9.17, 15) is 10.2 Å². The Morgan fingerprint density at radius 1 is 1.15 bits per heavy atom. The normalized spacial score (nSPS) is 18.8. The number of hydrogen-bond acceptors (Lipinski definition) is 4. The van der Waals surface area contributed by atoms with Crippen LogP contribution >= 0.6 is 0 Å². The van der Waals surface area contributed by atoms with Gasteiger partial charge in [-0.2, -0.15) is 0 Å². The summed E-state index contributed by atoms with van der Waals surface area (Å²) in [7, 11) is 0. The van der Waals surface area contributed by atoms with Gasteiger partial charge in [0.2, 0.25) is 0 Å². The van der Waals surface area contributed by atoms with Gasteiger partial charge >= 0.3 is 0 Å². The van der Waals surface area contributed by atoms with Crippen molar-refractivity contribution in [2.45, 2.75) is 76.4 Å². The molecular weight excluding hydrogens is 254 g/mol. The van der Waals surface area contributed by atoms with E-state index in [4.69, 9.17) is 4.74 Å². The smallest absolute Gasteiger partial charge is 0.0897 e. The zero-order chi connectivity index (χ0) is 14.7. The predicted octanol–water partition coefficient (Wildman–Crippen LogP) is 2.23. The van der Waals surface area contributed by atoms with Crippen LogP contribution < -0.4 is 5.32 Å². The molecule has 0 radical (unpaired) electrons. The Morgan fingerprint density at radius 2 is 1.85 bits per heavy atom. The second-order valence-corrected chi connectivity index (χ2v) is 6.17. The SMILES string of the molecule is CCCCCCCCOCC(O)CNC1(CO)CCC1. The largest absolute Gasteiger partial charge is 0.394 e. The number of ether oxygens (including phenoxy) is 1. The third-order valence-electron chi connectivity index (χ3n) is 4.28. The first kappa shape index (κ1) is 17.9. The molecular formula is C16H33NO3. The van der Waals surface area contributed by atoms with Crippen LogP contribution in [0.2, 0.25) is 0 Å². The van der Waals surface area contributed by atoms with Crippen molar-refractivity contribution in [3.05, 3.63) is 0 Å². The Kier molecular flexibility index (Phi) is 9.44. The summed E-state index contributed by atoms with van der Waals surface area (Å²) in [6, 6.07) is 0. The van der Waals surface area contributed by atoms with Crippen molar-refractivity contribution >= 4 is 0 Å². The molecule has 0 aromatic rings. The average molecular weight is 287 g/mol. The molecule has 1 unspecified atom stereocenters. The first-order valence-electron chi connectivity index (χ1n) is 8.34. The standard InChI is InChI=1S/C16H33NO3/c1-2-3-4-5-6-7-11-20-13-15(19)12-17-16(14-18)9-8-10-16/h15,17-19H,2-14H2,1H3. The topological polar surface area (TPSA) is 61.7 Å². The lowest BCUT2D eigenvalue weighted by atomic mass is 9.77. The minimum atomic E-state index is -0.473. The molecule has 1 saturated carbocycles. The fourth-order valence-electron chi connectivity index (χ4n) is 2.59. The fraction of sp³-hybridized carbons (Fsp3) is 1.00. The van der Waals surface area contributed by atoms with Gasteiger partial charge in [-0.3, -0.25) is 0 Å². The van der Waals surface area contributed by atoms with Gasteiger partial charge in [-0.25, -0.2) is 0 Å². The molecule has 20 heavy (non-hydrogen) atoms. The van der Waals surface area contributed by atoms with Crippen LogP contribution in [0.3, 0.4) is 0 Å². The average Bonchev–Trinajstić information content (AvgIpc) is 2.41. The Labute approximate surface area is 123 Å². The summed E-state index contributed by atoms with van der Waals surface area (Å²) in [5.74, 6) is 0. The van der Waals surface area contributed by atoms with Crippen molar-refractivity contribution in [2.24, 2.45) is 0 Å². The summed E-state index contributed by atoms with van der Waals surface area (Å²) in [4.78, 5) is 0. The summed E-state index contributed by atoms with van der Waals surface area (Å²) < 4.78 is 5.50. The molecule has 0 saturated heterocycles. The van der Waals surface area contributed by atoms with Gasteiger partial charge in [-0.05, 0) is 25.7 Å². The molecule has 0 aromatic carbocycles. The minimum absolute atomic E-state index is 0.125. The third-order valence-corrected chi connectivity index (χ3v) is 4.28. The Bertz CT molecular complexity index is 226. The highest BCUT2D eigenvalue weighted by molar-refractivity contribution is 4.95. The van der Waals surface area contributed by atoms with Crippen LogP contribution in [0.4, 0.5) is 0 Å². The van der Waals surface area contributed by atoms with Gasteiger partial charge in [-0.15, -0.1) is 0 Å². The molecule has 1 atom stereocenters. The molecule has 0 aliphatic heterocycles. The lowest BCUT2D eigenvalue weighted by Gasteiger charge is -2.41. The number of hydrogen-bond donors (Lipinski definition) is 3. The molecule has 1 aliphatic carbocycles. The highest BCUT2D eigenvalue weighted by Crippen LogP contribution is 2.30. The van der Waals surface area contributed by atoms with E-state index in [-0.39, 0.29) is 12.1 Å². The Morgan fingerprint density at radius 3 is 2.45 bits per heavy atom. The highest BCUT2D eigenvalue weighted by atomic mass is 16.5. The van der Waals surface area contributed by atoms with Crippen LogP contribution in [-0.2, 0) is 4.74 Å². The molecule has 0 bridgehead atoms. The van der Waals surface area contributed by atoms with Gasteiger partial charge in [-0.1, -0.05) is 39.0 Å². The number of unbranched alkanes of at least 4 members (excludes halogenated alkanes) is 5. The number of nitrogens with one attached hydrogen (secondary N) is 1. The molecule has 0 amide bonds. The molecule has 4 heteroatoms. The number of β-amino-alcohol motifs (C(OH)–C–C–N with tert-alkyl or cyclic N) is 1. The molecule has 1 aliphatic rings. The van der Waals surface area contributed by atoms with Crippen molar-refractivity contribution in [1.82, 2.24) is 5.32 Å². The maximum Gasteiger partial charge on any atom is 0.0897 e. The highest BCUT2D eigenvalue weighted by Gasteiger charge is 2.35. The van der Waals surface area contributed by atoms with Crippen LogP contribution in [0.5, 0.6) is 0 Å². The van der Waals surface area contributed by atoms with Crippen molar-refractivity contribution < 1.29 is 14.9 Å². The van der Waals surface area contributed by atoms with Gasteiger partial charge in [0, 0.05) is 18.7 Å². The molecule has 0 spiro atoms. The number of rotatable bonds is 13. The summed E-state index contributed by atoms with van der Waals surface area (Å²) in [5, 5.41) is 22.4. The maximum absolute atomic E-state index is 9.83. The fourth-order valence-corrected chi connectivity index (χ4v) is 2.59. The van der Waals surface area contributed by atoms with Crippen molar-refractivity contribution in [1.29, 1.82) is 0 Å². The van der Waals surface area contributed by atoms with Crippen molar-refractivity contribution in [3.8, 4) is 0 Å². The predicted molar refractivity (Wildman–Crippen MR) is 81.9 cm³/mol. The van der Waals surface area contributed by atoms with Crippen LogP contribution in [-0.4, -0.2) is 48.2 Å². The molecule has 120 valence electrons. The van der Waals surface area contributed by atoms with Crippen molar-refractivity contribution in [3.63, 3.8) is 0 Å². The summed E-state index contributed by atoms with van der Waals surface area (Å²) in [6.07, 6.45) is 10.3. The van der Waals surface area contributed by atoms with E-state index < -0.39 is 6.10 Å². The van der Waals surface area contributed by atoms with E-state index in [1.54, 1.807) is 0 Å². The zero-order valence-electron chi connectivity index (χ0n) is 13.1. The van der Waals surface area contributed by atoms with E-state index in [0.29, 0.717) is 13.2 Å². The lowest BCUT2D eigenvalue weighted by molar-refractivity contribution is 0.0183. The number of aliphatic hydroxyl groups is 2. The lowest BCUT2D eigenvalue weighted by Crippen LogP contribution is -2.56.